The van der Waals surface area contributed by atoms with E-state index in [0.29, 0.717) is 6.54 Å². The van der Waals surface area contributed by atoms with E-state index in [9.17, 15) is 9.59 Å². The molecule has 23 heavy (non-hydrogen) atoms. The number of piperazine rings is 1. The van der Waals surface area contributed by atoms with Crippen molar-refractivity contribution in [3.63, 3.8) is 0 Å². The highest BCUT2D eigenvalue weighted by Crippen LogP contribution is 2.44. The first-order chi connectivity index (χ1) is 11.1. The van der Waals surface area contributed by atoms with Crippen LogP contribution in [0.2, 0.25) is 0 Å². The Labute approximate surface area is 134 Å². The van der Waals surface area contributed by atoms with E-state index in [1.807, 2.05) is 25.1 Å². The number of rotatable bonds is 1. The van der Waals surface area contributed by atoms with Crippen molar-refractivity contribution in [3.05, 3.63) is 35.5 Å². The second kappa shape index (κ2) is 4.16. The number of H-pyrrole nitrogens is 1. The first-order valence-corrected chi connectivity index (χ1v) is 8.32. The zero-order valence-corrected chi connectivity index (χ0v) is 13.1. The molecule has 5 rings (SSSR count). The normalized spacial score (nSPS) is 27.3. The van der Waals surface area contributed by atoms with Gasteiger partial charge in [-0.25, -0.2) is 0 Å². The number of aromatic nitrogens is 1. The van der Waals surface area contributed by atoms with E-state index in [0.717, 1.165) is 30.5 Å². The van der Waals surface area contributed by atoms with Crippen molar-refractivity contribution >= 4 is 22.7 Å². The summed E-state index contributed by atoms with van der Waals surface area (Å²) in [5.41, 5.74) is 2.26. The van der Waals surface area contributed by atoms with E-state index in [1.54, 1.807) is 9.80 Å². The van der Waals surface area contributed by atoms with Gasteiger partial charge in [0, 0.05) is 23.5 Å². The van der Waals surface area contributed by atoms with E-state index in [-0.39, 0.29) is 24.4 Å². The van der Waals surface area contributed by atoms with Crippen molar-refractivity contribution in [3.8, 4) is 0 Å². The summed E-state index contributed by atoms with van der Waals surface area (Å²) in [7, 11) is 0. The number of para-hydroxylation sites is 1. The molecule has 2 fully saturated rings. The zero-order valence-electron chi connectivity index (χ0n) is 13.1. The highest BCUT2D eigenvalue weighted by molar-refractivity contribution is 6.01. The van der Waals surface area contributed by atoms with Crippen LogP contribution in [-0.4, -0.2) is 45.7 Å². The molecule has 3 aliphatic rings. The Morgan fingerprint density at radius 3 is 2.78 bits per heavy atom. The molecule has 1 aromatic heterocycles. The predicted molar refractivity (Wildman–Crippen MR) is 85.8 cm³/mol. The highest BCUT2D eigenvalue weighted by Gasteiger charge is 2.56. The van der Waals surface area contributed by atoms with Gasteiger partial charge in [0.15, 0.2) is 5.54 Å². The predicted octanol–water partition coefficient (Wildman–Crippen LogP) is 1.77. The van der Waals surface area contributed by atoms with Crippen molar-refractivity contribution in [2.24, 2.45) is 0 Å². The molecule has 3 heterocycles. The number of carbonyl (C=O) groups excluding carboxylic acids is 2. The SMILES string of the molecule is CC12C(=O)N(C3CC3)CC(=O)N1CCc1c2[nH]c2ccccc12. The molecule has 1 N–H and O–H groups in total. The molecule has 0 radical (unpaired) electrons. The summed E-state index contributed by atoms with van der Waals surface area (Å²) in [4.78, 5) is 33.0. The van der Waals surface area contributed by atoms with Gasteiger partial charge in [0.1, 0.15) is 6.54 Å². The number of hydrogen-bond donors (Lipinski definition) is 1. The molecule has 118 valence electrons. The van der Waals surface area contributed by atoms with Crippen LogP contribution in [0.5, 0.6) is 0 Å². The van der Waals surface area contributed by atoms with Crippen molar-refractivity contribution in [2.75, 3.05) is 13.1 Å². The molecule has 2 aromatic rings. The number of hydrogen-bond acceptors (Lipinski definition) is 2. The van der Waals surface area contributed by atoms with Crippen LogP contribution >= 0.6 is 0 Å². The van der Waals surface area contributed by atoms with Crippen LogP contribution in [0.25, 0.3) is 10.9 Å². The summed E-state index contributed by atoms with van der Waals surface area (Å²) in [6, 6.07) is 8.41. The Bertz CT molecular complexity index is 851. The first-order valence-electron chi connectivity index (χ1n) is 8.32. The molecule has 2 aliphatic heterocycles. The van der Waals surface area contributed by atoms with Crippen LogP contribution in [0.1, 0.15) is 31.0 Å². The summed E-state index contributed by atoms with van der Waals surface area (Å²) in [5.74, 6) is 0.149. The molecule has 5 heteroatoms. The van der Waals surface area contributed by atoms with Crippen molar-refractivity contribution in [2.45, 2.75) is 37.8 Å². The maximum absolute atomic E-state index is 13.3. The van der Waals surface area contributed by atoms with Crippen molar-refractivity contribution in [1.29, 1.82) is 0 Å². The van der Waals surface area contributed by atoms with Gasteiger partial charge in [0.05, 0.1) is 5.69 Å². The smallest absolute Gasteiger partial charge is 0.255 e. The molecule has 1 aliphatic carbocycles. The lowest BCUT2D eigenvalue weighted by molar-refractivity contribution is -0.166. The lowest BCUT2D eigenvalue weighted by Crippen LogP contribution is -2.67. The van der Waals surface area contributed by atoms with Gasteiger partial charge in [-0.05, 0) is 37.8 Å². The van der Waals surface area contributed by atoms with Gasteiger partial charge in [-0.1, -0.05) is 18.2 Å². The van der Waals surface area contributed by atoms with Crippen LogP contribution < -0.4 is 0 Å². The summed E-state index contributed by atoms with van der Waals surface area (Å²) >= 11 is 0. The number of nitrogens with zero attached hydrogens (tertiary/aromatic N) is 2. The molecule has 1 saturated heterocycles. The molecule has 0 spiro atoms. The van der Waals surface area contributed by atoms with Crippen molar-refractivity contribution in [1.82, 2.24) is 14.8 Å². The average Bonchev–Trinajstić information content (AvgIpc) is 3.32. The summed E-state index contributed by atoms with van der Waals surface area (Å²) < 4.78 is 0. The minimum Gasteiger partial charge on any atom is -0.356 e. The fourth-order valence-corrected chi connectivity index (χ4v) is 4.32. The molecular weight excluding hydrogens is 290 g/mol. The Kier molecular flexibility index (Phi) is 2.38. The van der Waals surface area contributed by atoms with Crippen LogP contribution in [0.4, 0.5) is 0 Å². The van der Waals surface area contributed by atoms with E-state index in [1.165, 1.54) is 10.9 Å². The third-order valence-corrected chi connectivity index (χ3v) is 5.70. The number of carbonyl (C=O) groups is 2. The van der Waals surface area contributed by atoms with Gasteiger partial charge in [0.25, 0.3) is 5.91 Å². The number of nitrogens with one attached hydrogen (secondary N) is 1. The fraction of sp³-hybridized carbons (Fsp3) is 0.444. The minimum atomic E-state index is -0.884. The molecule has 1 aromatic carbocycles. The molecule has 5 nitrogen and oxygen atoms in total. The van der Waals surface area contributed by atoms with Crippen LogP contribution in [0, 0.1) is 0 Å². The van der Waals surface area contributed by atoms with E-state index in [2.05, 4.69) is 11.1 Å². The lowest BCUT2D eigenvalue weighted by atomic mass is 9.83. The monoisotopic (exact) mass is 309 g/mol. The number of aromatic amines is 1. The third kappa shape index (κ3) is 1.57. The molecule has 0 bridgehead atoms. The standard InChI is InChI=1S/C18H19N3O2/c1-18-16-13(12-4-2-3-5-14(12)19-16)8-9-21(18)15(22)10-20(17(18)23)11-6-7-11/h2-5,11,19H,6-10H2,1H3. The number of benzene rings is 1. The van der Waals surface area contributed by atoms with Gasteiger partial charge in [-0.2, -0.15) is 0 Å². The van der Waals surface area contributed by atoms with Crippen LogP contribution in [0.15, 0.2) is 24.3 Å². The lowest BCUT2D eigenvalue weighted by Gasteiger charge is -2.49. The molecule has 1 unspecified atom stereocenters. The third-order valence-electron chi connectivity index (χ3n) is 5.70. The van der Waals surface area contributed by atoms with E-state index in [4.69, 9.17) is 0 Å². The Morgan fingerprint density at radius 1 is 1.22 bits per heavy atom. The van der Waals surface area contributed by atoms with Crippen LogP contribution in [-0.2, 0) is 21.5 Å². The van der Waals surface area contributed by atoms with Gasteiger partial charge < -0.3 is 14.8 Å². The molecule has 1 atom stereocenters. The first kappa shape index (κ1) is 13.2. The maximum atomic E-state index is 13.3. The average molecular weight is 309 g/mol. The topological polar surface area (TPSA) is 56.4 Å². The Hall–Kier alpha value is -2.30. The Morgan fingerprint density at radius 2 is 2.00 bits per heavy atom. The quantitative estimate of drug-likeness (QED) is 0.873. The van der Waals surface area contributed by atoms with E-state index < -0.39 is 5.54 Å². The molecule has 1 saturated carbocycles. The highest BCUT2D eigenvalue weighted by atomic mass is 16.2. The number of amides is 2. The van der Waals surface area contributed by atoms with E-state index >= 15 is 0 Å². The number of fused-ring (bicyclic) bond motifs is 5. The fourth-order valence-electron chi connectivity index (χ4n) is 4.32. The Balaban J connectivity index is 1.73. The molecule has 2 amide bonds. The van der Waals surface area contributed by atoms with Gasteiger partial charge in [-0.15, -0.1) is 0 Å². The van der Waals surface area contributed by atoms with Gasteiger partial charge in [0.2, 0.25) is 5.91 Å². The summed E-state index contributed by atoms with van der Waals surface area (Å²) in [6.45, 7) is 2.78. The summed E-state index contributed by atoms with van der Waals surface area (Å²) in [5, 5.41) is 1.17. The van der Waals surface area contributed by atoms with Crippen LogP contribution in [0.3, 0.4) is 0 Å². The second-order valence-corrected chi connectivity index (χ2v) is 7.06. The largest absolute Gasteiger partial charge is 0.356 e. The maximum Gasteiger partial charge on any atom is 0.255 e. The van der Waals surface area contributed by atoms with Gasteiger partial charge >= 0.3 is 0 Å². The van der Waals surface area contributed by atoms with Gasteiger partial charge in [-0.3, -0.25) is 9.59 Å². The molecular formula is C18H19N3O2. The summed E-state index contributed by atoms with van der Waals surface area (Å²) in [6.07, 6.45) is 2.85. The minimum absolute atomic E-state index is 0.0725. The zero-order chi connectivity index (χ0) is 15.8. The van der Waals surface area contributed by atoms with Crippen molar-refractivity contribution < 1.29 is 9.59 Å². The second-order valence-electron chi connectivity index (χ2n) is 7.06.